The summed E-state index contributed by atoms with van der Waals surface area (Å²) in [7, 11) is 0. The average Bonchev–Trinajstić information content (AvgIpc) is 2.96. The monoisotopic (exact) mass is 329 g/mol. The van der Waals surface area contributed by atoms with Crippen molar-refractivity contribution < 1.29 is 14.1 Å². The van der Waals surface area contributed by atoms with Crippen LogP contribution < -0.4 is 10.9 Å². The van der Waals surface area contributed by atoms with Crippen LogP contribution in [0, 0.1) is 0 Å². The van der Waals surface area contributed by atoms with Crippen molar-refractivity contribution in [3.8, 4) is 0 Å². The predicted octanol–water partition coefficient (Wildman–Crippen LogP) is 2.48. The molecule has 116 valence electrons. The van der Waals surface area contributed by atoms with Crippen molar-refractivity contribution in [2.45, 2.75) is 6.42 Å². The molecule has 2 N–H and O–H groups in total. The van der Waals surface area contributed by atoms with Gasteiger partial charge in [-0.1, -0.05) is 41.0 Å². The van der Waals surface area contributed by atoms with Crippen LogP contribution >= 0.6 is 11.6 Å². The van der Waals surface area contributed by atoms with Crippen molar-refractivity contribution >= 4 is 34.4 Å². The van der Waals surface area contributed by atoms with Gasteiger partial charge in [0.15, 0.2) is 5.58 Å². The molecule has 0 fully saturated rings. The molecule has 23 heavy (non-hydrogen) atoms. The molecule has 1 aromatic heterocycles. The zero-order chi connectivity index (χ0) is 16.2. The van der Waals surface area contributed by atoms with Gasteiger partial charge in [-0.2, -0.15) is 0 Å². The van der Waals surface area contributed by atoms with Crippen LogP contribution in [0.2, 0.25) is 5.02 Å². The molecule has 0 aliphatic rings. The Kier molecular flexibility index (Phi) is 4.25. The minimum atomic E-state index is -0.492. The molecule has 6 nitrogen and oxygen atoms in total. The molecule has 7 heteroatoms. The van der Waals surface area contributed by atoms with Gasteiger partial charge in [0.1, 0.15) is 5.69 Å². The number of aromatic nitrogens is 1. The number of halogens is 1. The van der Waals surface area contributed by atoms with E-state index in [1.54, 1.807) is 30.3 Å². The summed E-state index contributed by atoms with van der Waals surface area (Å²) in [5, 5.41) is 4.94. The maximum Gasteiger partial charge on any atom is 0.271 e. The van der Waals surface area contributed by atoms with Crippen molar-refractivity contribution in [2.75, 3.05) is 0 Å². The zero-order valence-electron chi connectivity index (χ0n) is 11.9. The predicted molar refractivity (Wildman–Crippen MR) is 84.8 cm³/mol. The third-order valence-corrected chi connectivity index (χ3v) is 3.54. The van der Waals surface area contributed by atoms with Gasteiger partial charge in [-0.05, 0) is 24.3 Å². The Morgan fingerprint density at radius 3 is 2.61 bits per heavy atom. The number of nitrogens with zero attached hydrogens (tertiary/aromatic N) is 1. The van der Waals surface area contributed by atoms with E-state index in [-0.39, 0.29) is 12.0 Å². The van der Waals surface area contributed by atoms with E-state index >= 15 is 0 Å². The number of hydrogen-bond acceptors (Lipinski definition) is 4. The van der Waals surface area contributed by atoms with Gasteiger partial charge in [0, 0.05) is 5.39 Å². The Hall–Kier alpha value is -2.86. The summed E-state index contributed by atoms with van der Waals surface area (Å²) >= 11 is 5.92. The molecule has 2 amide bonds. The van der Waals surface area contributed by atoms with Gasteiger partial charge in [0.05, 0.1) is 17.0 Å². The molecule has 3 rings (SSSR count). The molecular formula is C16H12ClN3O3. The lowest BCUT2D eigenvalue weighted by molar-refractivity contribution is -0.121. The molecule has 0 unspecified atom stereocenters. The summed E-state index contributed by atoms with van der Waals surface area (Å²) in [5.41, 5.74) is 6.04. The lowest BCUT2D eigenvalue weighted by Crippen LogP contribution is -2.42. The van der Waals surface area contributed by atoms with Crippen LogP contribution in [0.5, 0.6) is 0 Å². The fourth-order valence-corrected chi connectivity index (χ4v) is 2.32. The Balaban J connectivity index is 1.62. The number of amides is 2. The van der Waals surface area contributed by atoms with Crippen molar-refractivity contribution in [1.29, 1.82) is 0 Å². The van der Waals surface area contributed by atoms with Gasteiger partial charge in [0.2, 0.25) is 5.91 Å². The summed E-state index contributed by atoms with van der Waals surface area (Å²) in [6.07, 6.45) is -0.0141. The van der Waals surface area contributed by atoms with Gasteiger partial charge in [0.25, 0.3) is 5.91 Å². The first-order chi connectivity index (χ1) is 11.1. The van der Waals surface area contributed by atoms with E-state index in [0.717, 1.165) is 5.39 Å². The van der Waals surface area contributed by atoms with Crippen molar-refractivity contribution in [2.24, 2.45) is 0 Å². The lowest BCUT2D eigenvalue weighted by atomic mass is 10.2. The van der Waals surface area contributed by atoms with Gasteiger partial charge in [-0.25, -0.2) is 0 Å². The first-order valence-electron chi connectivity index (χ1n) is 6.82. The van der Waals surface area contributed by atoms with Crippen LogP contribution in [-0.4, -0.2) is 17.0 Å². The minimum absolute atomic E-state index is 0.0141. The minimum Gasteiger partial charge on any atom is -0.356 e. The van der Waals surface area contributed by atoms with Crippen molar-refractivity contribution in [1.82, 2.24) is 16.0 Å². The van der Waals surface area contributed by atoms with Crippen LogP contribution in [0.4, 0.5) is 0 Å². The van der Waals surface area contributed by atoms with E-state index < -0.39 is 11.8 Å². The first kappa shape index (κ1) is 15.1. The third-order valence-electron chi connectivity index (χ3n) is 3.21. The number of nitrogens with one attached hydrogen (secondary N) is 2. The van der Waals surface area contributed by atoms with Crippen molar-refractivity contribution in [3.05, 3.63) is 64.8 Å². The fourth-order valence-electron chi connectivity index (χ4n) is 2.10. The summed E-state index contributed by atoms with van der Waals surface area (Å²) in [6, 6.07) is 13.8. The first-order valence-corrected chi connectivity index (χ1v) is 7.20. The molecule has 2 aromatic carbocycles. The number of hydrazine groups is 1. The van der Waals surface area contributed by atoms with E-state index in [9.17, 15) is 9.59 Å². The lowest BCUT2D eigenvalue weighted by Gasteiger charge is -2.07. The van der Waals surface area contributed by atoms with E-state index in [2.05, 4.69) is 16.0 Å². The number of para-hydroxylation sites is 1. The number of carbonyl (C=O) groups excluding carboxylic acids is 2. The number of carbonyl (C=O) groups is 2. The van der Waals surface area contributed by atoms with E-state index in [1.807, 2.05) is 18.2 Å². The largest absolute Gasteiger partial charge is 0.356 e. The maximum atomic E-state index is 11.9. The van der Waals surface area contributed by atoms with Gasteiger partial charge < -0.3 is 4.52 Å². The highest BCUT2D eigenvalue weighted by atomic mass is 35.5. The summed E-state index contributed by atoms with van der Waals surface area (Å²) in [5.74, 6) is -0.904. The fraction of sp³-hybridized carbons (Fsp3) is 0.0625. The van der Waals surface area contributed by atoms with Crippen LogP contribution in [0.15, 0.2) is 53.1 Å². The summed E-state index contributed by atoms with van der Waals surface area (Å²) in [6.45, 7) is 0. The van der Waals surface area contributed by atoms with Crippen LogP contribution in [0.1, 0.15) is 16.1 Å². The molecule has 3 aromatic rings. The standard InChI is InChI=1S/C16H12ClN3O3/c17-12-7-3-1-5-10(12)16(22)19-18-15(21)9-13-11-6-2-4-8-14(11)23-20-13/h1-8H,9H2,(H,18,21)(H,19,22). The Morgan fingerprint density at radius 1 is 1.04 bits per heavy atom. The molecule has 0 saturated heterocycles. The molecular weight excluding hydrogens is 318 g/mol. The van der Waals surface area contributed by atoms with E-state index in [1.165, 1.54) is 0 Å². The number of fused-ring (bicyclic) bond motifs is 1. The van der Waals surface area contributed by atoms with Gasteiger partial charge in [-0.3, -0.25) is 20.4 Å². The van der Waals surface area contributed by atoms with Gasteiger partial charge >= 0.3 is 0 Å². The smallest absolute Gasteiger partial charge is 0.271 e. The molecule has 0 saturated carbocycles. The number of rotatable bonds is 3. The highest BCUT2D eigenvalue weighted by molar-refractivity contribution is 6.33. The highest BCUT2D eigenvalue weighted by Crippen LogP contribution is 2.18. The summed E-state index contributed by atoms with van der Waals surface area (Å²) in [4.78, 5) is 23.9. The number of benzene rings is 2. The quantitative estimate of drug-likeness (QED) is 0.723. The Bertz CT molecular complexity index is 876. The van der Waals surface area contributed by atoms with Crippen LogP contribution in [0.25, 0.3) is 11.0 Å². The molecule has 1 heterocycles. The molecule has 0 spiro atoms. The van der Waals surface area contributed by atoms with E-state index in [0.29, 0.717) is 16.3 Å². The van der Waals surface area contributed by atoms with E-state index in [4.69, 9.17) is 16.1 Å². The Labute approximate surface area is 136 Å². The molecule has 0 bridgehead atoms. The van der Waals surface area contributed by atoms with Crippen LogP contribution in [0.3, 0.4) is 0 Å². The SMILES string of the molecule is O=C(Cc1noc2ccccc12)NNC(=O)c1ccccc1Cl. The second kappa shape index (κ2) is 6.50. The van der Waals surface area contributed by atoms with Crippen LogP contribution in [-0.2, 0) is 11.2 Å². The molecule has 0 aliphatic heterocycles. The highest BCUT2D eigenvalue weighted by Gasteiger charge is 2.14. The number of hydrogen-bond donors (Lipinski definition) is 2. The topological polar surface area (TPSA) is 84.2 Å². The average molecular weight is 330 g/mol. The van der Waals surface area contributed by atoms with Crippen molar-refractivity contribution in [3.63, 3.8) is 0 Å². The molecule has 0 atom stereocenters. The second-order valence-electron chi connectivity index (χ2n) is 4.78. The Morgan fingerprint density at radius 2 is 1.78 bits per heavy atom. The maximum absolute atomic E-state index is 11.9. The molecule has 0 radical (unpaired) electrons. The van der Waals surface area contributed by atoms with Gasteiger partial charge in [-0.15, -0.1) is 0 Å². The second-order valence-corrected chi connectivity index (χ2v) is 5.19. The zero-order valence-corrected chi connectivity index (χ0v) is 12.6. The summed E-state index contributed by atoms with van der Waals surface area (Å²) < 4.78 is 5.13. The third kappa shape index (κ3) is 3.32. The normalized spacial score (nSPS) is 10.5. The molecule has 0 aliphatic carbocycles.